The number of nitrogens with zero attached hydrogens (tertiary/aromatic N) is 4. The van der Waals surface area contributed by atoms with Gasteiger partial charge in [0.25, 0.3) is 0 Å². The van der Waals surface area contributed by atoms with Gasteiger partial charge in [0, 0.05) is 5.92 Å². The molecule has 1 saturated carbocycles. The molecule has 2 unspecified atom stereocenters. The van der Waals surface area contributed by atoms with Gasteiger partial charge in [0.15, 0.2) is 5.82 Å². The van der Waals surface area contributed by atoms with Crippen molar-refractivity contribution in [3.05, 3.63) is 30.1 Å². The highest BCUT2D eigenvalue weighted by atomic mass is 16.5. The Labute approximate surface area is 115 Å². The van der Waals surface area contributed by atoms with E-state index in [1.54, 1.807) is 4.68 Å². The Hall–Kier alpha value is -2.44. The first-order chi connectivity index (χ1) is 9.70. The maximum Gasteiger partial charge on any atom is 0.307 e. The van der Waals surface area contributed by atoms with E-state index >= 15 is 0 Å². The molecule has 0 spiro atoms. The minimum atomic E-state index is -0.795. The van der Waals surface area contributed by atoms with Crippen LogP contribution in [0.15, 0.2) is 24.3 Å². The average molecular weight is 274 g/mol. The number of tetrazole rings is 1. The zero-order valence-electron chi connectivity index (χ0n) is 10.9. The summed E-state index contributed by atoms with van der Waals surface area (Å²) in [7, 11) is 0. The van der Waals surface area contributed by atoms with Crippen LogP contribution < -0.4 is 4.74 Å². The summed E-state index contributed by atoms with van der Waals surface area (Å²) in [5.41, 5.74) is 0.796. The molecule has 0 saturated heterocycles. The van der Waals surface area contributed by atoms with Gasteiger partial charge in [0.1, 0.15) is 5.75 Å². The van der Waals surface area contributed by atoms with Crippen LogP contribution in [0.25, 0.3) is 5.69 Å². The number of ether oxygens (including phenoxy) is 1. The fourth-order valence-electron chi connectivity index (χ4n) is 2.21. The summed E-state index contributed by atoms with van der Waals surface area (Å²) in [6.45, 7) is 2.53. The zero-order valence-corrected chi connectivity index (χ0v) is 10.9. The van der Waals surface area contributed by atoms with Crippen molar-refractivity contribution in [2.75, 3.05) is 6.61 Å². The van der Waals surface area contributed by atoms with Crippen molar-refractivity contribution in [2.24, 2.45) is 5.92 Å². The van der Waals surface area contributed by atoms with Crippen molar-refractivity contribution in [1.29, 1.82) is 0 Å². The first-order valence-electron chi connectivity index (χ1n) is 6.45. The van der Waals surface area contributed by atoms with Crippen molar-refractivity contribution in [3.63, 3.8) is 0 Å². The van der Waals surface area contributed by atoms with Gasteiger partial charge >= 0.3 is 5.97 Å². The second-order valence-electron chi connectivity index (χ2n) is 4.66. The molecule has 0 amide bonds. The SMILES string of the molecule is CCOc1ccc(-n2nnnc2C2CC2C(=O)O)cc1. The van der Waals surface area contributed by atoms with Gasteiger partial charge in [-0.05, 0) is 48.0 Å². The fourth-order valence-corrected chi connectivity index (χ4v) is 2.21. The Morgan fingerprint density at radius 2 is 2.20 bits per heavy atom. The van der Waals surface area contributed by atoms with E-state index in [4.69, 9.17) is 9.84 Å². The highest BCUT2D eigenvalue weighted by Gasteiger charge is 2.47. The van der Waals surface area contributed by atoms with E-state index in [0.29, 0.717) is 18.9 Å². The van der Waals surface area contributed by atoms with Crippen LogP contribution in [-0.4, -0.2) is 37.9 Å². The van der Waals surface area contributed by atoms with Gasteiger partial charge in [0.05, 0.1) is 18.2 Å². The van der Waals surface area contributed by atoms with E-state index in [2.05, 4.69) is 15.5 Å². The van der Waals surface area contributed by atoms with Gasteiger partial charge in [-0.1, -0.05) is 0 Å². The Kier molecular flexibility index (Phi) is 3.09. The predicted octanol–water partition coefficient (Wildman–Crippen LogP) is 1.25. The Morgan fingerprint density at radius 3 is 2.80 bits per heavy atom. The van der Waals surface area contributed by atoms with Gasteiger partial charge in [-0.15, -0.1) is 5.10 Å². The van der Waals surface area contributed by atoms with Crippen LogP contribution in [0.5, 0.6) is 5.75 Å². The van der Waals surface area contributed by atoms with E-state index < -0.39 is 5.97 Å². The Balaban J connectivity index is 1.84. The third-order valence-corrected chi connectivity index (χ3v) is 3.33. The number of aliphatic carboxylic acids is 1. The molecule has 1 aliphatic carbocycles. The third kappa shape index (κ3) is 2.22. The molecule has 104 valence electrons. The minimum Gasteiger partial charge on any atom is -0.494 e. The summed E-state index contributed by atoms with van der Waals surface area (Å²) >= 11 is 0. The molecule has 3 rings (SSSR count). The van der Waals surface area contributed by atoms with Crippen LogP contribution >= 0.6 is 0 Å². The zero-order chi connectivity index (χ0) is 14.1. The lowest BCUT2D eigenvalue weighted by Gasteiger charge is -2.06. The second kappa shape index (κ2) is 4.92. The number of carboxylic acids is 1. The molecule has 7 heteroatoms. The number of rotatable bonds is 5. The number of carboxylic acid groups (broad SMARTS) is 1. The average Bonchev–Trinajstić information content (AvgIpc) is 3.10. The molecule has 0 aliphatic heterocycles. The van der Waals surface area contributed by atoms with Crippen molar-refractivity contribution in [3.8, 4) is 11.4 Å². The predicted molar refractivity (Wildman–Crippen MR) is 68.8 cm³/mol. The quantitative estimate of drug-likeness (QED) is 0.882. The van der Waals surface area contributed by atoms with E-state index in [0.717, 1.165) is 11.4 Å². The van der Waals surface area contributed by atoms with Gasteiger partial charge < -0.3 is 9.84 Å². The summed E-state index contributed by atoms with van der Waals surface area (Å²) in [5.74, 6) is 0.107. The first kappa shape index (κ1) is 12.6. The molecule has 7 nitrogen and oxygen atoms in total. The molecule has 2 aromatic rings. The van der Waals surface area contributed by atoms with Crippen LogP contribution in [0.1, 0.15) is 25.1 Å². The molecule has 1 aliphatic rings. The number of benzene rings is 1. The Bertz CT molecular complexity index is 623. The number of carbonyl (C=O) groups is 1. The molecule has 1 aromatic heterocycles. The molecule has 1 fully saturated rings. The minimum absolute atomic E-state index is 0.103. The first-order valence-corrected chi connectivity index (χ1v) is 6.45. The van der Waals surface area contributed by atoms with Crippen molar-refractivity contribution >= 4 is 5.97 Å². The lowest BCUT2D eigenvalue weighted by Crippen LogP contribution is -2.05. The van der Waals surface area contributed by atoms with Crippen LogP contribution in [0.4, 0.5) is 0 Å². The lowest BCUT2D eigenvalue weighted by atomic mass is 10.2. The summed E-state index contributed by atoms with van der Waals surface area (Å²) in [4.78, 5) is 10.9. The van der Waals surface area contributed by atoms with Gasteiger partial charge in [-0.25, -0.2) is 0 Å². The number of hydrogen-bond donors (Lipinski definition) is 1. The summed E-state index contributed by atoms with van der Waals surface area (Å²) in [5, 5.41) is 20.5. The molecule has 1 heterocycles. The number of aromatic nitrogens is 4. The van der Waals surface area contributed by atoms with Crippen LogP contribution in [0, 0.1) is 5.92 Å². The molecule has 2 atom stereocenters. The van der Waals surface area contributed by atoms with E-state index in [1.165, 1.54) is 0 Å². The normalized spacial score (nSPS) is 20.6. The summed E-state index contributed by atoms with van der Waals surface area (Å²) < 4.78 is 6.96. The van der Waals surface area contributed by atoms with E-state index in [-0.39, 0.29) is 11.8 Å². The number of hydrogen-bond acceptors (Lipinski definition) is 5. The standard InChI is InChI=1S/C13H14N4O3/c1-2-20-9-5-3-8(4-6-9)17-12(14-15-16-17)10-7-11(10)13(18)19/h3-6,10-11H,2,7H2,1H3,(H,18,19). The van der Waals surface area contributed by atoms with Crippen molar-refractivity contribution in [1.82, 2.24) is 20.2 Å². The van der Waals surface area contributed by atoms with Crippen LogP contribution in [-0.2, 0) is 4.79 Å². The molecule has 0 radical (unpaired) electrons. The Morgan fingerprint density at radius 1 is 1.45 bits per heavy atom. The lowest BCUT2D eigenvalue weighted by molar-refractivity contribution is -0.138. The summed E-state index contributed by atoms with van der Waals surface area (Å²) in [6.07, 6.45) is 0.590. The largest absolute Gasteiger partial charge is 0.494 e. The van der Waals surface area contributed by atoms with Crippen molar-refractivity contribution in [2.45, 2.75) is 19.3 Å². The van der Waals surface area contributed by atoms with Crippen LogP contribution in [0.2, 0.25) is 0 Å². The smallest absolute Gasteiger partial charge is 0.307 e. The maximum absolute atomic E-state index is 10.9. The molecular weight excluding hydrogens is 260 g/mol. The van der Waals surface area contributed by atoms with Crippen molar-refractivity contribution < 1.29 is 14.6 Å². The molecular formula is C13H14N4O3. The maximum atomic E-state index is 10.9. The topological polar surface area (TPSA) is 90.1 Å². The van der Waals surface area contributed by atoms with Gasteiger partial charge in [-0.2, -0.15) is 4.68 Å². The van der Waals surface area contributed by atoms with E-state index in [1.807, 2.05) is 31.2 Å². The molecule has 20 heavy (non-hydrogen) atoms. The molecule has 1 aromatic carbocycles. The highest BCUT2D eigenvalue weighted by molar-refractivity contribution is 5.74. The fraction of sp³-hybridized carbons (Fsp3) is 0.385. The third-order valence-electron chi connectivity index (χ3n) is 3.33. The second-order valence-corrected chi connectivity index (χ2v) is 4.66. The summed E-state index contributed by atoms with van der Waals surface area (Å²) in [6, 6.07) is 7.38. The monoisotopic (exact) mass is 274 g/mol. The van der Waals surface area contributed by atoms with Crippen LogP contribution in [0.3, 0.4) is 0 Å². The molecule has 1 N–H and O–H groups in total. The van der Waals surface area contributed by atoms with E-state index in [9.17, 15) is 4.79 Å². The van der Waals surface area contributed by atoms with Gasteiger partial charge in [0.2, 0.25) is 0 Å². The van der Waals surface area contributed by atoms with Gasteiger partial charge in [-0.3, -0.25) is 4.79 Å². The highest BCUT2D eigenvalue weighted by Crippen LogP contribution is 2.46. The molecule has 0 bridgehead atoms.